The maximum absolute atomic E-state index is 5.64. The highest BCUT2D eigenvalue weighted by atomic mass is 15.3. The van der Waals surface area contributed by atoms with Crippen molar-refractivity contribution >= 4 is 5.82 Å². The van der Waals surface area contributed by atoms with Gasteiger partial charge in [-0.2, -0.15) is 5.10 Å². The Balaban J connectivity index is 2.55. The lowest BCUT2D eigenvalue weighted by molar-refractivity contribution is 0.877. The van der Waals surface area contributed by atoms with Gasteiger partial charge in [0.15, 0.2) is 0 Å². The third-order valence-corrected chi connectivity index (χ3v) is 1.57. The van der Waals surface area contributed by atoms with E-state index in [1.54, 1.807) is 17.1 Å². The van der Waals surface area contributed by atoms with Gasteiger partial charge in [-0.25, -0.2) is 9.67 Å². The number of nitrogens with two attached hydrogens (primary N) is 1. The zero-order chi connectivity index (χ0) is 8.39. The summed E-state index contributed by atoms with van der Waals surface area (Å²) in [6.07, 6.45) is 5.18. The Labute approximate surface area is 69.7 Å². The van der Waals surface area contributed by atoms with E-state index in [0.717, 1.165) is 5.69 Å². The number of hydrogen-bond donors (Lipinski definition) is 1. The van der Waals surface area contributed by atoms with Gasteiger partial charge in [-0.1, -0.05) is 0 Å². The summed E-state index contributed by atoms with van der Waals surface area (Å²) in [6.45, 7) is 0. The Bertz CT molecular complexity index is 366. The summed E-state index contributed by atoms with van der Waals surface area (Å²) in [4.78, 5) is 3.95. The van der Waals surface area contributed by atoms with Gasteiger partial charge in [0, 0.05) is 18.6 Å². The second-order valence-electron chi connectivity index (χ2n) is 2.36. The first-order valence-electron chi connectivity index (χ1n) is 3.58. The van der Waals surface area contributed by atoms with Crippen molar-refractivity contribution in [3.63, 3.8) is 0 Å². The van der Waals surface area contributed by atoms with E-state index < -0.39 is 0 Å². The molecule has 0 saturated carbocycles. The van der Waals surface area contributed by atoms with E-state index in [2.05, 4.69) is 10.1 Å². The van der Waals surface area contributed by atoms with Crippen molar-refractivity contribution < 1.29 is 0 Å². The lowest BCUT2D eigenvalue weighted by Gasteiger charge is -2.02. The number of pyridine rings is 1. The molecule has 0 aliphatic heterocycles. The average molecular weight is 160 g/mol. The molecule has 12 heavy (non-hydrogen) atoms. The molecule has 0 amide bonds. The minimum absolute atomic E-state index is 0.487. The zero-order valence-electron chi connectivity index (χ0n) is 6.38. The predicted octanol–water partition coefficient (Wildman–Crippen LogP) is 0.849. The van der Waals surface area contributed by atoms with Gasteiger partial charge in [-0.3, -0.25) is 0 Å². The summed E-state index contributed by atoms with van der Waals surface area (Å²) in [7, 11) is 0. The molecule has 0 spiro atoms. The van der Waals surface area contributed by atoms with E-state index in [4.69, 9.17) is 5.73 Å². The van der Waals surface area contributed by atoms with Crippen LogP contribution in [0.1, 0.15) is 0 Å². The summed E-state index contributed by atoms with van der Waals surface area (Å²) in [5.41, 5.74) is 6.45. The van der Waals surface area contributed by atoms with E-state index in [-0.39, 0.29) is 0 Å². The normalized spacial score (nSPS) is 10.0. The smallest absolute Gasteiger partial charge is 0.149 e. The molecular weight excluding hydrogens is 152 g/mol. The van der Waals surface area contributed by atoms with Crippen LogP contribution in [0.4, 0.5) is 5.82 Å². The maximum atomic E-state index is 5.64. The molecule has 2 aromatic heterocycles. The molecule has 0 saturated heterocycles. The minimum Gasteiger partial charge on any atom is -0.382 e. The van der Waals surface area contributed by atoms with Gasteiger partial charge in [-0.15, -0.1) is 0 Å². The van der Waals surface area contributed by atoms with E-state index in [1.165, 1.54) is 0 Å². The first-order chi connectivity index (χ1) is 5.88. The van der Waals surface area contributed by atoms with E-state index in [9.17, 15) is 0 Å². The van der Waals surface area contributed by atoms with E-state index in [1.807, 2.05) is 24.4 Å². The average Bonchev–Trinajstić information content (AvgIpc) is 2.57. The third kappa shape index (κ3) is 1.03. The van der Waals surface area contributed by atoms with Crippen LogP contribution in [-0.4, -0.2) is 14.8 Å². The molecule has 0 bridgehead atoms. The van der Waals surface area contributed by atoms with Crippen molar-refractivity contribution in [2.24, 2.45) is 0 Å². The van der Waals surface area contributed by atoms with Crippen LogP contribution in [0.25, 0.3) is 5.69 Å². The molecule has 4 nitrogen and oxygen atoms in total. The van der Waals surface area contributed by atoms with Crippen LogP contribution in [0.5, 0.6) is 0 Å². The SMILES string of the molecule is Nc1ncccc1-n1cccn1. The van der Waals surface area contributed by atoms with Gasteiger partial charge >= 0.3 is 0 Å². The van der Waals surface area contributed by atoms with Gasteiger partial charge in [-0.05, 0) is 18.2 Å². The molecule has 0 aromatic carbocycles. The summed E-state index contributed by atoms with van der Waals surface area (Å²) in [5, 5.41) is 4.04. The predicted molar refractivity (Wildman–Crippen MR) is 45.8 cm³/mol. The Hall–Kier alpha value is -1.84. The lowest BCUT2D eigenvalue weighted by Crippen LogP contribution is -2.01. The molecule has 0 aliphatic rings. The number of nitrogen functional groups attached to an aromatic ring is 1. The zero-order valence-corrected chi connectivity index (χ0v) is 6.38. The highest BCUT2D eigenvalue weighted by molar-refractivity contribution is 5.50. The van der Waals surface area contributed by atoms with E-state index >= 15 is 0 Å². The summed E-state index contributed by atoms with van der Waals surface area (Å²) in [6, 6.07) is 5.54. The van der Waals surface area contributed by atoms with Gasteiger partial charge in [0.25, 0.3) is 0 Å². The van der Waals surface area contributed by atoms with Crippen molar-refractivity contribution in [3.05, 3.63) is 36.8 Å². The molecule has 0 aliphatic carbocycles. The van der Waals surface area contributed by atoms with Crippen molar-refractivity contribution in [1.82, 2.24) is 14.8 Å². The fourth-order valence-electron chi connectivity index (χ4n) is 1.01. The molecular formula is C8H8N4. The Morgan fingerprint density at radius 3 is 2.83 bits per heavy atom. The number of nitrogens with zero attached hydrogens (tertiary/aromatic N) is 3. The molecule has 2 aromatic rings. The topological polar surface area (TPSA) is 56.7 Å². The lowest BCUT2D eigenvalue weighted by atomic mass is 10.4. The quantitative estimate of drug-likeness (QED) is 0.672. The molecule has 2 heterocycles. The molecule has 0 unspecified atom stereocenters. The molecule has 2 rings (SSSR count). The monoisotopic (exact) mass is 160 g/mol. The van der Waals surface area contributed by atoms with Crippen molar-refractivity contribution in [1.29, 1.82) is 0 Å². The first kappa shape index (κ1) is 6.84. The molecule has 0 atom stereocenters. The van der Waals surface area contributed by atoms with Crippen LogP contribution in [0.2, 0.25) is 0 Å². The molecule has 0 fully saturated rings. The number of aromatic nitrogens is 3. The van der Waals surface area contributed by atoms with Crippen molar-refractivity contribution in [2.75, 3.05) is 5.73 Å². The molecule has 4 heteroatoms. The van der Waals surface area contributed by atoms with Crippen LogP contribution >= 0.6 is 0 Å². The van der Waals surface area contributed by atoms with Crippen LogP contribution in [-0.2, 0) is 0 Å². The molecule has 60 valence electrons. The fourth-order valence-corrected chi connectivity index (χ4v) is 1.01. The molecule has 2 N–H and O–H groups in total. The third-order valence-electron chi connectivity index (χ3n) is 1.57. The highest BCUT2D eigenvalue weighted by Crippen LogP contribution is 2.10. The Morgan fingerprint density at radius 1 is 1.25 bits per heavy atom. The highest BCUT2D eigenvalue weighted by Gasteiger charge is 1.99. The van der Waals surface area contributed by atoms with Gasteiger partial charge in [0.2, 0.25) is 0 Å². The number of hydrogen-bond acceptors (Lipinski definition) is 3. The summed E-state index contributed by atoms with van der Waals surface area (Å²) < 4.78 is 1.68. The Morgan fingerprint density at radius 2 is 2.17 bits per heavy atom. The van der Waals surface area contributed by atoms with Crippen LogP contribution in [0.3, 0.4) is 0 Å². The standard InChI is InChI=1S/C8H8N4/c9-8-7(3-1-4-10-8)12-6-2-5-11-12/h1-6H,(H2,9,10). The van der Waals surface area contributed by atoms with Gasteiger partial charge in [0.05, 0.1) is 0 Å². The second-order valence-corrected chi connectivity index (χ2v) is 2.36. The largest absolute Gasteiger partial charge is 0.382 e. The molecule has 0 radical (unpaired) electrons. The Kier molecular flexibility index (Phi) is 1.51. The van der Waals surface area contributed by atoms with Crippen molar-refractivity contribution in [3.8, 4) is 5.69 Å². The van der Waals surface area contributed by atoms with E-state index in [0.29, 0.717) is 5.82 Å². The van der Waals surface area contributed by atoms with Gasteiger partial charge in [0.1, 0.15) is 11.5 Å². The minimum atomic E-state index is 0.487. The van der Waals surface area contributed by atoms with Gasteiger partial charge < -0.3 is 5.73 Å². The van der Waals surface area contributed by atoms with Crippen LogP contribution < -0.4 is 5.73 Å². The number of anilines is 1. The summed E-state index contributed by atoms with van der Waals surface area (Å²) in [5.74, 6) is 0.487. The second kappa shape index (κ2) is 2.65. The van der Waals surface area contributed by atoms with Crippen molar-refractivity contribution in [2.45, 2.75) is 0 Å². The van der Waals surface area contributed by atoms with Crippen LogP contribution in [0, 0.1) is 0 Å². The first-order valence-corrected chi connectivity index (χ1v) is 3.58. The number of rotatable bonds is 1. The van der Waals surface area contributed by atoms with Crippen LogP contribution in [0.15, 0.2) is 36.8 Å². The fraction of sp³-hybridized carbons (Fsp3) is 0. The maximum Gasteiger partial charge on any atom is 0.149 e. The summed E-state index contributed by atoms with van der Waals surface area (Å²) >= 11 is 0.